The maximum Gasteiger partial charge on any atom is 0.306 e. The fraction of sp³-hybridized carbons (Fsp3) is 0.100. The number of nitro groups is 1. The molecule has 0 fully saturated rings. The summed E-state index contributed by atoms with van der Waals surface area (Å²) < 4.78 is 12.9. The SMILES string of the molecule is NC(=O)CC#Cc1ccc(F)c([N+](=O)[O-])c1. The van der Waals surface area contributed by atoms with Gasteiger partial charge in [-0.05, 0) is 12.1 Å². The number of carbonyl (C=O) groups is 1. The van der Waals surface area contributed by atoms with E-state index in [2.05, 4.69) is 11.8 Å². The molecule has 0 aliphatic heterocycles. The first-order valence-corrected chi connectivity index (χ1v) is 4.22. The fourth-order valence-corrected chi connectivity index (χ4v) is 0.964. The van der Waals surface area contributed by atoms with Gasteiger partial charge in [-0.25, -0.2) is 0 Å². The molecule has 6 heteroatoms. The van der Waals surface area contributed by atoms with Crippen LogP contribution in [0.5, 0.6) is 0 Å². The van der Waals surface area contributed by atoms with Crippen LogP contribution in [0.2, 0.25) is 0 Å². The molecule has 0 unspecified atom stereocenters. The van der Waals surface area contributed by atoms with Gasteiger partial charge in [-0.2, -0.15) is 4.39 Å². The predicted octanol–water partition coefficient (Wildman–Crippen LogP) is 0.961. The summed E-state index contributed by atoms with van der Waals surface area (Å²) in [4.78, 5) is 19.9. The maximum absolute atomic E-state index is 12.9. The van der Waals surface area contributed by atoms with Crippen LogP contribution in [0.4, 0.5) is 10.1 Å². The van der Waals surface area contributed by atoms with Crippen LogP contribution >= 0.6 is 0 Å². The molecule has 2 N–H and O–H groups in total. The summed E-state index contributed by atoms with van der Waals surface area (Å²) in [6.07, 6.45) is -0.148. The largest absolute Gasteiger partial charge is 0.369 e. The molecular formula is C10H7FN2O3. The molecule has 0 aliphatic carbocycles. The lowest BCUT2D eigenvalue weighted by molar-refractivity contribution is -0.387. The average molecular weight is 222 g/mol. The number of nitro benzene ring substituents is 1. The van der Waals surface area contributed by atoms with Crippen LogP contribution in [-0.2, 0) is 4.79 Å². The summed E-state index contributed by atoms with van der Waals surface area (Å²) in [5.41, 5.74) is 4.46. The highest BCUT2D eigenvalue weighted by Gasteiger charge is 2.13. The van der Waals surface area contributed by atoms with E-state index in [0.29, 0.717) is 0 Å². The topological polar surface area (TPSA) is 86.2 Å². The third kappa shape index (κ3) is 3.06. The van der Waals surface area contributed by atoms with Gasteiger partial charge in [0.25, 0.3) is 0 Å². The minimum atomic E-state index is -0.926. The Labute approximate surface area is 90.2 Å². The predicted molar refractivity (Wildman–Crippen MR) is 53.7 cm³/mol. The molecule has 0 saturated heterocycles. The van der Waals surface area contributed by atoms with Gasteiger partial charge in [0.2, 0.25) is 11.7 Å². The second-order valence-electron chi connectivity index (χ2n) is 2.87. The normalized spacial score (nSPS) is 9.06. The van der Waals surface area contributed by atoms with Gasteiger partial charge in [0, 0.05) is 11.6 Å². The number of rotatable bonds is 2. The summed E-state index contributed by atoms with van der Waals surface area (Å²) in [6.45, 7) is 0. The van der Waals surface area contributed by atoms with Crippen molar-refractivity contribution < 1.29 is 14.1 Å². The van der Waals surface area contributed by atoms with E-state index in [1.807, 2.05) is 0 Å². The standard InChI is InChI=1S/C10H7FN2O3/c11-8-5-4-7(2-1-3-10(12)14)6-9(8)13(15)16/h4-6H,3H2,(H2,12,14). The first-order chi connectivity index (χ1) is 7.50. The molecule has 5 nitrogen and oxygen atoms in total. The first-order valence-electron chi connectivity index (χ1n) is 4.22. The van der Waals surface area contributed by atoms with E-state index in [-0.39, 0.29) is 12.0 Å². The summed E-state index contributed by atoms with van der Waals surface area (Å²) in [5, 5.41) is 10.4. The monoisotopic (exact) mass is 222 g/mol. The zero-order valence-electron chi connectivity index (χ0n) is 8.07. The minimum absolute atomic E-state index is 0.148. The lowest BCUT2D eigenvalue weighted by Crippen LogP contribution is -2.08. The minimum Gasteiger partial charge on any atom is -0.369 e. The van der Waals surface area contributed by atoms with Crippen molar-refractivity contribution >= 4 is 11.6 Å². The smallest absolute Gasteiger partial charge is 0.306 e. The van der Waals surface area contributed by atoms with Crippen LogP contribution in [-0.4, -0.2) is 10.8 Å². The quantitative estimate of drug-likeness (QED) is 0.459. The number of carbonyl (C=O) groups excluding carboxylic acids is 1. The van der Waals surface area contributed by atoms with Crippen molar-refractivity contribution in [3.8, 4) is 11.8 Å². The molecule has 0 radical (unpaired) electrons. The molecule has 1 aromatic carbocycles. The molecule has 0 bridgehead atoms. The summed E-state index contributed by atoms with van der Waals surface area (Å²) in [7, 11) is 0. The Balaban J connectivity index is 2.98. The number of hydrogen-bond acceptors (Lipinski definition) is 3. The Morgan fingerprint density at radius 1 is 1.56 bits per heavy atom. The Hall–Kier alpha value is -2.42. The van der Waals surface area contributed by atoms with E-state index < -0.39 is 22.3 Å². The molecule has 0 aromatic heterocycles. The van der Waals surface area contributed by atoms with Gasteiger partial charge in [0.1, 0.15) is 0 Å². The van der Waals surface area contributed by atoms with Gasteiger partial charge in [-0.15, -0.1) is 0 Å². The number of nitrogens with two attached hydrogens (primary N) is 1. The molecule has 0 aliphatic rings. The van der Waals surface area contributed by atoms with Crippen molar-refractivity contribution in [3.05, 3.63) is 39.7 Å². The first kappa shape index (κ1) is 11.7. The molecule has 16 heavy (non-hydrogen) atoms. The van der Waals surface area contributed by atoms with Crippen molar-refractivity contribution in [1.29, 1.82) is 0 Å². The highest BCUT2D eigenvalue weighted by atomic mass is 19.1. The van der Waals surface area contributed by atoms with Gasteiger partial charge in [-0.3, -0.25) is 14.9 Å². The Kier molecular flexibility index (Phi) is 3.56. The maximum atomic E-state index is 12.9. The Bertz CT molecular complexity index is 503. The molecule has 82 valence electrons. The summed E-state index contributed by atoms with van der Waals surface area (Å²) in [5.74, 6) is 3.37. The Morgan fingerprint density at radius 2 is 2.25 bits per heavy atom. The zero-order chi connectivity index (χ0) is 12.1. The van der Waals surface area contributed by atoms with Crippen LogP contribution in [0.15, 0.2) is 18.2 Å². The highest BCUT2D eigenvalue weighted by molar-refractivity contribution is 5.76. The molecule has 0 spiro atoms. The van der Waals surface area contributed by atoms with Gasteiger partial charge in [-0.1, -0.05) is 11.8 Å². The average Bonchev–Trinajstić information content (AvgIpc) is 2.19. The van der Waals surface area contributed by atoms with Crippen LogP contribution in [0.3, 0.4) is 0 Å². The van der Waals surface area contributed by atoms with Gasteiger partial charge >= 0.3 is 5.69 Å². The zero-order valence-corrected chi connectivity index (χ0v) is 8.07. The molecule has 0 atom stereocenters. The van der Waals surface area contributed by atoms with E-state index in [0.717, 1.165) is 12.1 Å². The van der Waals surface area contributed by atoms with Crippen molar-refractivity contribution in [1.82, 2.24) is 0 Å². The molecule has 1 amide bonds. The van der Waals surface area contributed by atoms with Crippen LogP contribution in [0.25, 0.3) is 0 Å². The third-order valence-electron chi connectivity index (χ3n) is 1.64. The molecule has 0 saturated carbocycles. The lowest BCUT2D eigenvalue weighted by Gasteiger charge is -1.94. The summed E-state index contributed by atoms with van der Waals surface area (Å²) >= 11 is 0. The van der Waals surface area contributed by atoms with E-state index >= 15 is 0 Å². The van der Waals surface area contributed by atoms with E-state index in [1.165, 1.54) is 6.07 Å². The van der Waals surface area contributed by atoms with Crippen molar-refractivity contribution in [2.24, 2.45) is 5.73 Å². The number of hydrogen-bond donors (Lipinski definition) is 1. The van der Waals surface area contributed by atoms with Gasteiger partial charge in [0.05, 0.1) is 11.3 Å². The lowest BCUT2D eigenvalue weighted by atomic mass is 10.2. The third-order valence-corrected chi connectivity index (χ3v) is 1.64. The summed E-state index contributed by atoms with van der Waals surface area (Å²) in [6, 6.07) is 3.24. The highest BCUT2D eigenvalue weighted by Crippen LogP contribution is 2.17. The van der Waals surface area contributed by atoms with E-state index in [1.54, 1.807) is 0 Å². The van der Waals surface area contributed by atoms with Crippen molar-refractivity contribution in [3.63, 3.8) is 0 Å². The molecule has 0 heterocycles. The molecular weight excluding hydrogens is 215 g/mol. The second kappa shape index (κ2) is 4.89. The van der Waals surface area contributed by atoms with Crippen molar-refractivity contribution in [2.75, 3.05) is 0 Å². The van der Waals surface area contributed by atoms with Crippen molar-refractivity contribution in [2.45, 2.75) is 6.42 Å². The van der Waals surface area contributed by atoms with Crippen LogP contribution < -0.4 is 5.73 Å². The van der Waals surface area contributed by atoms with Crippen LogP contribution in [0.1, 0.15) is 12.0 Å². The Morgan fingerprint density at radius 3 is 2.81 bits per heavy atom. The molecule has 1 rings (SSSR count). The number of primary amides is 1. The number of halogens is 1. The number of amides is 1. The second-order valence-corrected chi connectivity index (χ2v) is 2.87. The number of benzene rings is 1. The van der Waals surface area contributed by atoms with Gasteiger partial charge < -0.3 is 5.73 Å². The fourth-order valence-electron chi connectivity index (χ4n) is 0.964. The van der Waals surface area contributed by atoms with Crippen LogP contribution in [0, 0.1) is 27.8 Å². The van der Waals surface area contributed by atoms with Gasteiger partial charge in [0.15, 0.2) is 0 Å². The molecule has 1 aromatic rings. The number of nitrogens with zero attached hydrogens (tertiary/aromatic N) is 1. The van der Waals surface area contributed by atoms with E-state index in [9.17, 15) is 19.3 Å². The van der Waals surface area contributed by atoms with E-state index in [4.69, 9.17) is 5.73 Å².